The van der Waals surface area contributed by atoms with E-state index in [-0.39, 0.29) is 7.92 Å². The van der Waals surface area contributed by atoms with E-state index in [0.717, 1.165) is 18.5 Å². The van der Waals surface area contributed by atoms with Crippen molar-refractivity contribution in [3.63, 3.8) is 0 Å². The fraction of sp³-hybridized carbons (Fsp3) is 0.182. The molecule has 76 valence electrons. The predicted molar refractivity (Wildman–Crippen MR) is 61.5 cm³/mol. The quantitative estimate of drug-likeness (QED) is 0.472. The van der Waals surface area contributed by atoms with Gasteiger partial charge in [0.15, 0.2) is 0 Å². The number of hydrogen-bond donors (Lipinski definition) is 2. The summed E-state index contributed by atoms with van der Waals surface area (Å²) in [5.74, 6) is 2.52. The number of aromatic nitrogens is 1. The van der Waals surface area contributed by atoms with Crippen LogP contribution >= 0.6 is 7.92 Å². The third kappa shape index (κ3) is 2.40. The summed E-state index contributed by atoms with van der Waals surface area (Å²) in [6.45, 7) is 0.747. The van der Waals surface area contributed by atoms with Gasteiger partial charge in [0.05, 0.1) is 0 Å². The molecule has 0 unspecified atom stereocenters. The molecule has 0 radical (unpaired) electrons. The van der Waals surface area contributed by atoms with Crippen LogP contribution in [0.5, 0.6) is 0 Å². The van der Waals surface area contributed by atoms with Crippen LogP contribution in [0.3, 0.4) is 0 Å². The maximum absolute atomic E-state index is 10.1. The molecule has 0 amide bonds. The average molecular weight is 218 g/mol. The normalized spacial score (nSPS) is 10.1. The number of rotatable bonds is 3. The summed E-state index contributed by atoms with van der Waals surface area (Å²) in [6, 6.07) is 8.20. The first kappa shape index (κ1) is 10.3. The summed E-state index contributed by atoms with van der Waals surface area (Å²) in [7, 11) is -0.0906. The summed E-state index contributed by atoms with van der Waals surface area (Å²) in [5, 5.41) is 4.10. The SMILES string of the molecule is O=P#CNCCc1c[nH]c2ccccc12. The van der Waals surface area contributed by atoms with E-state index in [1.807, 2.05) is 18.3 Å². The van der Waals surface area contributed by atoms with E-state index in [9.17, 15) is 4.57 Å². The number of para-hydroxylation sites is 1. The van der Waals surface area contributed by atoms with Crippen molar-refractivity contribution in [3.05, 3.63) is 36.0 Å². The van der Waals surface area contributed by atoms with Crippen molar-refractivity contribution in [1.82, 2.24) is 10.3 Å². The number of fused-ring (bicyclic) bond motifs is 1. The Kier molecular flexibility index (Phi) is 3.41. The van der Waals surface area contributed by atoms with Crippen LogP contribution < -0.4 is 5.32 Å². The minimum atomic E-state index is -0.0906. The van der Waals surface area contributed by atoms with Gasteiger partial charge in [0.25, 0.3) is 0 Å². The Bertz CT molecular complexity index is 556. The molecule has 1 heterocycles. The monoisotopic (exact) mass is 218 g/mol. The van der Waals surface area contributed by atoms with Crippen molar-refractivity contribution in [3.8, 4) is 5.75 Å². The van der Waals surface area contributed by atoms with Gasteiger partial charge in [-0.3, -0.25) is 0 Å². The molecule has 1 aromatic carbocycles. The van der Waals surface area contributed by atoms with Crippen LogP contribution in [0.15, 0.2) is 30.5 Å². The molecule has 0 bridgehead atoms. The molecule has 2 rings (SSSR count). The first-order chi connectivity index (χ1) is 7.42. The molecule has 0 aliphatic carbocycles. The number of nitrogens with one attached hydrogen (secondary N) is 2. The first-order valence-electron chi connectivity index (χ1n) is 4.77. The van der Waals surface area contributed by atoms with Crippen molar-refractivity contribution in [2.45, 2.75) is 6.42 Å². The molecule has 1 aromatic heterocycles. The molecule has 2 N–H and O–H groups in total. The van der Waals surface area contributed by atoms with Crippen LogP contribution in [0.4, 0.5) is 0 Å². The van der Waals surface area contributed by atoms with E-state index in [1.165, 1.54) is 10.9 Å². The van der Waals surface area contributed by atoms with Crippen LogP contribution in [0.25, 0.3) is 10.9 Å². The zero-order valence-corrected chi connectivity index (χ0v) is 9.05. The van der Waals surface area contributed by atoms with Crippen molar-refractivity contribution in [2.24, 2.45) is 0 Å². The van der Waals surface area contributed by atoms with Gasteiger partial charge in [0.1, 0.15) is 0 Å². The molecule has 2 aromatic rings. The van der Waals surface area contributed by atoms with E-state index in [4.69, 9.17) is 0 Å². The Morgan fingerprint density at radius 2 is 2.27 bits per heavy atom. The van der Waals surface area contributed by atoms with Gasteiger partial charge in [-0.25, -0.2) is 0 Å². The summed E-state index contributed by atoms with van der Waals surface area (Å²) >= 11 is 0. The third-order valence-corrected chi connectivity index (χ3v) is 2.57. The summed E-state index contributed by atoms with van der Waals surface area (Å²) in [5.41, 5.74) is 2.42. The second-order valence-corrected chi connectivity index (χ2v) is 3.65. The molecule has 0 saturated heterocycles. The van der Waals surface area contributed by atoms with Crippen molar-refractivity contribution >= 4 is 18.8 Å². The number of aromatic amines is 1. The molecule has 4 heteroatoms. The van der Waals surface area contributed by atoms with Crippen LogP contribution in [-0.4, -0.2) is 11.5 Å². The van der Waals surface area contributed by atoms with Gasteiger partial charge in [-0.2, -0.15) is 0 Å². The Morgan fingerprint density at radius 3 is 3.13 bits per heavy atom. The van der Waals surface area contributed by atoms with Crippen LogP contribution in [0, 0.1) is 5.75 Å². The van der Waals surface area contributed by atoms with Gasteiger partial charge in [0.2, 0.25) is 0 Å². The van der Waals surface area contributed by atoms with E-state index >= 15 is 0 Å². The van der Waals surface area contributed by atoms with E-state index in [2.05, 4.69) is 28.2 Å². The molecule has 3 nitrogen and oxygen atoms in total. The van der Waals surface area contributed by atoms with Gasteiger partial charge >= 0.3 is 88.4 Å². The van der Waals surface area contributed by atoms with Gasteiger partial charge in [0, 0.05) is 0 Å². The molecule has 0 atom stereocenters. The Morgan fingerprint density at radius 1 is 1.40 bits per heavy atom. The predicted octanol–water partition coefficient (Wildman–Crippen LogP) is 2.51. The molecule has 0 saturated carbocycles. The topological polar surface area (TPSA) is 44.9 Å². The Hall–Kier alpha value is -1.27. The summed E-state index contributed by atoms with van der Waals surface area (Å²) in [6.07, 6.45) is 2.91. The molecule has 15 heavy (non-hydrogen) atoms. The number of benzene rings is 1. The van der Waals surface area contributed by atoms with Crippen molar-refractivity contribution < 1.29 is 4.57 Å². The van der Waals surface area contributed by atoms with E-state index in [1.54, 1.807) is 0 Å². The second kappa shape index (κ2) is 4.99. The van der Waals surface area contributed by atoms with Crippen molar-refractivity contribution in [2.75, 3.05) is 6.54 Å². The van der Waals surface area contributed by atoms with Crippen LogP contribution in [-0.2, 0) is 11.0 Å². The fourth-order valence-corrected chi connectivity index (χ4v) is 1.80. The fourth-order valence-electron chi connectivity index (χ4n) is 1.62. The average Bonchev–Trinajstić information content (AvgIpc) is 2.68. The van der Waals surface area contributed by atoms with E-state index < -0.39 is 0 Å². The van der Waals surface area contributed by atoms with Crippen LogP contribution in [0.1, 0.15) is 5.56 Å². The molecular weight excluding hydrogens is 207 g/mol. The summed E-state index contributed by atoms with van der Waals surface area (Å²) in [4.78, 5) is 3.22. The second-order valence-electron chi connectivity index (χ2n) is 3.24. The van der Waals surface area contributed by atoms with Gasteiger partial charge in [-0.15, -0.1) is 0 Å². The summed E-state index contributed by atoms with van der Waals surface area (Å²) < 4.78 is 10.1. The van der Waals surface area contributed by atoms with Crippen LogP contribution in [0.2, 0.25) is 0 Å². The Labute approximate surface area is 89.0 Å². The van der Waals surface area contributed by atoms with Gasteiger partial charge in [-0.05, 0) is 0 Å². The standard InChI is InChI=1S/C11H11N2OP/c14-15-8-12-6-5-9-7-13-11-4-2-1-3-10(9)11/h1-4,7,12-13H,5-6H2. The molecule has 0 spiro atoms. The van der Waals surface area contributed by atoms with Crippen molar-refractivity contribution in [1.29, 1.82) is 0 Å². The molecule has 0 aliphatic heterocycles. The maximum atomic E-state index is 10.1. The molecule has 0 aliphatic rings. The minimum absolute atomic E-state index is 0.0906. The van der Waals surface area contributed by atoms with Gasteiger partial charge in [-0.1, -0.05) is 0 Å². The molecule has 0 fully saturated rings. The zero-order chi connectivity index (χ0) is 10.5. The molecular formula is C11H11N2OP. The zero-order valence-electron chi connectivity index (χ0n) is 8.16. The first-order valence-corrected chi connectivity index (χ1v) is 5.58. The Balaban J connectivity index is 2.13. The third-order valence-electron chi connectivity index (χ3n) is 2.32. The van der Waals surface area contributed by atoms with Gasteiger partial charge < -0.3 is 0 Å². The number of H-pyrrole nitrogens is 1. The number of hydrogen-bond acceptors (Lipinski definition) is 2. The van der Waals surface area contributed by atoms with E-state index in [0.29, 0.717) is 0 Å².